The van der Waals surface area contributed by atoms with Crippen LogP contribution in [0.1, 0.15) is 43.9 Å². The molecule has 0 spiro atoms. The topological polar surface area (TPSA) is 46.2 Å². The summed E-state index contributed by atoms with van der Waals surface area (Å²) in [5.41, 5.74) is 7.99. The molecule has 0 bridgehead atoms. The minimum atomic E-state index is -0.531. The Morgan fingerprint density at radius 2 is 1.89 bits per heavy atom. The summed E-state index contributed by atoms with van der Waals surface area (Å²) in [7, 11) is 0. The van der Waals surface area contributed by atoms with Gasteiger partial charge in [-0.25, -0.2) is 0 Å². The van der Waals surface area contributed by atoms with Gasteiger partial charge in [0.25, 0.3) is 0 Å². The van der Waals surface area contributed by atoms with Gasteiger partial charge in [-0.05, 0) is 42.9 Å². The van der Waals surface area contributed by atoms with Crippen molar-refractivity contribution in [1.82, 2.24) is 0 Å². The van der Waals surface area contributed by atoms with E-state index in [1.165, 1.54) is 0 Å². The van der Waals surface area contributed by atoms with E-state index in [0.29, 0.717) is 17.4 Å². The van der Waals surface area contributed by atoms with Crippen LogP contribution in [0, 0.1) is 12.8 Å². The molecular formula is C14H23Cl2NO. The monoisotopic (exact) mass is 291 g/mol. The van der Waals surface area contributed by atoms with Crippen LogP contribution in [-0.2, 0) is 0 Å². The summed E-state index contributed by atoms with van der Waals surface area (Å²) in [6.07, 6.45) is 1.15. The van der Waals surface area contributed by atoms with E-state index in [-0.39, 0.29) is 12.4 Å². The third-order valence-corrected chi connectivity index (χ3v) is 3.39. The molecule has 0 aliphatic carbocycles. The molecule has 0 heterocycles. The lowest BCUT2D eigenvalue weighted by Gasteiger charge is -2.22. The summed E-state index contributed by atoms with van der Waals surface area (Å²) >= 11 is 6.14. The fourth-order valence-electron chi connectivity index (χ4n) is 1.94. The number of aliphatic hydroxyl groups excluding tert-OH is 1. The zero-order valence-corrected chi connectivity index (χ0v) is 12.8. The van der Waals surface area contributed by atoms with Gasteiger partial charge in [-0.1, -0.05) is 37.6 Å². The molecule has 2 atom stereocenters. The van der Waals surface area contributed by atoms with Crippen molar-refractivity contribution in [3.63, 3.8) is 0 Å². The Labute approximate surface area is 121 Å². The molecular weight excluding hydrogens is 269 g/mol. The highest BCUT2D eigenvalue weighted by Gasteiger charge is 2.20. The minimum absolute atomic E-state index is 0. The summed E-state index contributed by atoms with van der Waals surface area (Å²) in [5.74, 6) is 0.573. The van der Waals surface area contributed by atoms with Gasteiger partial charge in [0.1, 0.15) is 0 Å². The lowest BCUT2D eigenvalue weighted by Crippen LogP contribution is -2.27. The van der Waals surface area contributed by atoms with Crippen LogP contribution < -0.4 is 5.73 Å². The van der Waals surface area contributed by atoms with Gasteiger partial charge < -0.3 is 10.8 Å². The first-order valence-corrected chi connectivity index (χ1v) is 6.50. The Balaban J connectivity index is 0.00000289. The third-order valence-electron chi connectivity index (χ3n) is 3.06. The second kappa shape index (κ2) is 8.00. The lowest BCUT2D eigenvalue weighted by atomic mass is 9.93. The zero-order chi connectivity index (χ0) is 13.0. The van der Waals surface area contributed by atoms with Gasteiger partial charge in [-0.2, -0.15) is 0 Å². The summed E-state index contributed by atoms with van der Waals surface area (Å²) < 4.78 is 0. The second-order valence-corrected chi connectivity index (χ2v) is 5.44. The van der Waals surface area contributed by atoms with Gasteiger partial charge in [-0.15, -0.1) is 12.4 Å². The number of aryl methyl sites for hydroxylation is 1. The minimum Gasteiger partial charge on any atom is -0.391 e. The smallest absolute Gasteiger partial charge is 0.0733 e. The van der Waals surface area contributed by atoms with E-state index < -0.39 is 12.1 Å². The summed E-state index contributed by atoms with van der Waals surface area (Å²) in [4.78, 5) is 0. The molecule has 0 aliphatic heterocycles. The second-order valence-electron chi connectivity index (χ2n) is 5.03. The maximum atomic E-state index is 10.1. The number of nitrogens with two attached hydrogens (primary N) is 1. The average molecular weight is 292 g/mol. The van der Waals surface area contributed by atoms with E-state index >= 15 is 0 Å². The molecule has 4 heteroatoms. The predicted octanol–water partition coefficient (Wildman–Crippen LogP) is 3.87. The SMILES string of the molecule is Cc1cccc(Cl)c1[C@H](N)[C@H](O)CCC(C)C.Cl. The third kappa shape index (κ3) is 4.77. The standard InChI is InChI=1S/C14H22ClNO.ClH/c1-9(2)7-8-12(17)14(16)13-10(3)5-4-6-11(13)15;/h4-6,9,12,14,17H,7-8,16H2,1-3H3;1H/t12-,14-;/m1./s1. The number of benzene rings is 1. The number of hydrogen-bond donors (Lipinski definition) is 2. The van der Waals surface area contributed by atoms with E-state index in [0.717, 1.165) is 17.5 Å². The van der Waals surface area contributed by atoms with Crippen molar-refractivity contribution in [1.29, 1.82) is 0 Å². The first kappa shape index (κ1) is 17.7. The molecule has 0 unspecified atom stereocenters. The highest BCUT2D eigenvalue weighted by atomic mass is 35.5. The van der Waals surface area contributed by atoms with Crippen molar-refractivity contribution in [2.75, 3.05) is 0 Å². The summed E-state index contributed by atoms with van der Waals surface area (Å²) in [5, 5.41) is 10.7. The van der Waals surface area contributed by atoms with Crippen LogP contribution in [0.5, 0.6) is 0 Å². The molecule has 0 amide bonds. The largest absolute Gasteiger partial charge is 0.391 e. The molecule has 1 aromatic rings. The maximum absolute atomic E-state index is 10.1. The molecule has 1 aromatic carbocycles. The molecule has 3 N–H and O–H groups in total. The van der Waals surface area contributed by atoms with Crippen molar-refractivity contribution in [3.8, 4) is 0 Å². The van der Waals surface area contributed by atoms with Gasteiger partial charge in [0, 0.05) is 5.02 Å². The molecule has 2 nitrogen and oxygen atoms in total. The molecule has 0 aliphatic rings. The molecule has 1 rings (SSSR count). The highest BCUT2D eigenvalue weighted by Crippen LogP contribution is 2.28. The summed E-state index contributed by atoms with van der Waals surface area (Å²) in [6, 6.07) is 5.28. The molecule has 104 valence electrons. The van der Waals surface area contributed by atoms with Crippen molar-refractivity contribution in [2.24, 2.45) is 11.7 Å². The van der Waals surface area contributed by atoms with Crippen molar-refractivity contribution in [2.45, 2.75) is 45.8 Å². The molecule has 0 saturated carbocycles. The summed E-state index contributed by atoms with van der Waals surface area (Å²) in [6.45, 7) is 6.24. The Morgan fingerprint density at radius 1 is 1.28 bits per heavy atom. The lowest BCUT2D eigenvalue weighted by molar-refractivity contribution is 0.128. The quantitative estimate of drug-likeness (QED) is 0.865. The molecule has 0 aromatic heterocycles. The van der Waals surface area contributed by atoms with Crippen molar-refractivity contribution >= 4 is 24.0 Å². The van der Waals surface area contributed by atoms with Gasteiger partial charge >= 0.3 is 0 Å². The normalized spacial score (nSPS) is 14.2. The van der Waals surface area contributed by atoms with E-state index in [2.05, 4.69) is 13.8 Å². The number of halogens is 2. The average Bonchev–Trinajstić information content (AvgIpc) is 2.25. The number of aliphatic hydroxyl groups is 1. The fraction of sp³-hybridized carbons (Fsp3) is 0.571. The maximum Gasteiger partial charge on any atom is 0.0733 e. The van der Waals surface area contributed by atoms with Gasteiger partial charge in [0.05, 0.1) is 12.1 Å². The zero-order valence-electron chi connectivity index (χ0n) is 11.2. The molecule has 0 radical (unpaired) electrons. The van der Waals surface area contributed by atoms with Gasteiger partial charge in [0.15, 0.2) is 0 Å². The molecule has 18 heavy (non-hydrogen) atoms. The van der Waals surface area contributed by atoms with E-state index in [4.69, 9.17) is 17.3 Å². The van der Waals surface area contributed by atoms with Crippen LogP contribution >= 0.6 is 24.0 Å². The van der Waals surface area contributed by atoms with Crippen LogP contribution in [0.3, 0.4) is 0 Å². The van der Waals surface area contributed by atoms with Gasteiger partial charge in [-0.3, -0.25) is 0 Å². The molecule has 0 fully saturated rings. The Bertz CT molecular complexity index is 349. The van der Waals surface area contributed by atoms with E-state index in [1.54, 1.807) is 0 Å². The Morgan fingerprint density at radius 3 is 2.39 bits per heavy atom. The fourth-order valence-corrected chi connectivity index (χ4v) is 2.29. The van der Waals surface area contributed by atoms with E-state index in [1.807, 2.05) is 25.1 Å². The van der Waals surface area contributed by atoms with Crippen LogP contribution in [0.15, 0.2) is 18.2 Å². The molecule has 0 saturated heterocycles. The van der Waals surface area contributed by atoms with Gasteiger partial charge in [0.2, 0.25) is 0 Å². The Kier molecular flexibility index (Phi) is 7.88. The number of hydrogen-bond acceptors (Lipinski definition) is 2. The Hall–Kier alpha value is -0.280. The van der Waals surface area contributed by atoms with Crippen LogP contribution in [0.2, 0.25) is 5.02 Å². The van der Waals surface area contributed by atoms with Crippen LogP contribution in [-0.4, -0.2) is 11.2 Å². The van der Waals surface area contributed by atoms with Crippen molar-refractivity contribution in [3.05, 3.63) is 34.3 Å². The van der Waals surface area contributed by atoms with E-state index in [9.17, 15) is 5.11 Å². The highest BCUT2D eigenvalue weighted by molar-refractivity contribution is 6.31. The first-order chi connectivity index (χ1) is 7.93. The van der Waals surface area contributed by atoms with Crippen molar-refractivity contribution < 1.29 is 5.11 Å². The first-order valence-electron chi connectivity index (χ1n) is 6.12. The van der Waals surface area contributed by atoms with Crippen LogP contribution in [0.4, 0.5) is 0 Å². The predicted molar refractivity (Wildman–Crippen MR) is 80.4 cm³/mol. The van der Waals surface area contributed by atoms with Crippen LogP contribution in [0.25, 0.3) is 0 Å². The number of rotatable bonds is 5.